The van der Waals surface area contributed by atoms with E-state index in [2.05, 4.69) is 14.5 Å². The molecule has 7 nitrogen and oxygen atoms in total. The highest BCUT2D eigenvalue weighted by Crippen LogP contribution is 2.49. The van der Waals surface area contributed by atoms with Gasteiger partial charge in [0.2, 0.25) is 0 Å². The first-order valence-electron chi connectivity index (χ1n) is 9.83. The Morgan fingerprint density at radius 1 is 1.12 bits per heavy atom. The number of methoxy groups -OCH3 is 1. The number of rotatable bonds is 6. The molecule has 0 spiro atoms. The summed E-state index contributed by atoms with van der Waals surface area (Å²) in [6.07, 6.45) is 2.42. The molecule has 174 valence electrons. The Balaban J connectivity index is 1.75. The molecule has 1 heterocycles. The molecule has 33 heavy (non-hydrogen) atoms. The number of aromatic nitrogens is 1. The molecule has 1 aliphatic rings. The highest BCUT2D eigenvalue weighted by Gasteiger charge is 2.50. The molecular weight excluding hydrogens is 461 g/mol. The maximum absolute atomic E-state index is 13.1. The number of ether oxygens (including phenoxy) is 1. The normalized spacial score (nSPS) is 15.2. The van der Waals surface area contributed by atoms with Crippen LogP contribution in [0.15, 0.2) is 48.7 Å². The molecule has 0 unspecified atom stereocenters. The number of halogens is 3. The van der Waals surface area contributed by atoms with Gasteiger partial charge in [-0.2, -0.15) is 21.6 Å². The minimum atomic E-state index is -5.87. The van der Waals surface area contributed by atoms with Crippen LogP contribution in [0.3, 0.4) is 0 Å². The van der Waals surface area contributed by atoms with Crippen molar-refractivity contribution < 1.29 is 35.3 Å². The molecule has 0 radical (unpaired) electrons. The zero-order valence-corrected chi connectivity index (χ0v) is 18.4. The molecule has 1 saturated carbocycles. The van der Waals surface area contributed by atoms with Crippen molar-refractivity contribution in [2.24, 2.45) is 0 Å². The maximum atomic E-state index is 13.1. The van der Waals surface area contributed by atoms with Crippen LogP contribution in [0, 0.1) is 6.92 Å². The lowest BCUT2D eigenvalue weighted by molar-refractivity contribution is -0.0500. The van der Waals surface area contributed by atoms with Crippen LogP contribution < -0.4 is 14.2 Å². The third-order valence-corrected chi connectivity index (χ3v) is 6.47. The molecule has 2 aromatic carbocycles. The van der Waals surface area contributed by atoms with Crippen LogP contribution in [0.2, 0.25) is 0 Å². The molecule has 1 fully saturated rings. The number of nitrogens with one attached hydrogen (secondary N) is 1. The van der Waals surface area contributed by atoms with Crippen LogP contribution in [0.4, 0.5) is 13.2 Å². The van der Waals surface area contributed by atoms with Crippen molar-refractivity contribution in [3.8, 4) is 11.5 Å². The zero-order valence-electron chi connectivity index (χ0n) is 17.6. The fourth-order valence-corrected chi connectivity index (χ4v) is 4.06. The molecule has 0 bridgehead atoms. The molecule has 3 aromatic rings. The van der Waals surface area contributed by atoms with Crippen LogP contribution >= 0.6 is 0 Å². The molecular formula is C22H19F3N2O5S. The standard InChI is InChI=1S/C22H19F3N2O5S/c1-13-5-6-14(31-2)10-17(13)20(28)27-21(7-8-21)18-11-15(32-33(29,30)22(23,24)25)12-19-16(18)4-3-9-26-19/h3-6,9-12H,7-8H2,1-2H3,(H,27,28). The molecule has 1 aliphatic carbocycles. The molecule has 1 N–H and O–H groups in total. The van der Waals surface area contributed by atoms with E-state index in [9.17, 15) is 26.4 Å². The number of aryl methyl sites for hydroxylation is 1. The Labute approximate surface area is 187 Å². The summed E-state index contributed by atoms with van der Waals surface area (Å²) in [4.78, 5) is 17.2. The van der Waals surface area contributed by atoms with E-state index in [4.69, 9.17) is 4.74 Å². The number of carbonyl (C=O) groups is 1. The molecule has 4 rings (SSSR count). The number of carbonyl (C=O) groups excluding carboxylic acids is 1. The van der Waals surface area contributed by atoms with Gasteiger partial charge >= 0.3 is 15.6 Å². The van der Waals surface area contributed by atoms with Gasteiger partial charge in [0.05, 0.1) is 18.2 Å². The molecule has 1 amide bonds. The average Bonchev–Trinajstić information content (AvgIpc) is 3.52. The quantitative estimate of drug-likeness (QED) is 0.420. The van der Waals surface area contributed by atoms with E-state index >= 15 is 0 Å². The first kappa shape index (κ1) is 22.8. The topological polar surface area (TPSA) is 94.6 Å². The first-order valence-corrected chi connectivity index (χ1v) is 11.2. The summed E-state index contributed by atoms with van der Waals surface area (Å²) in [6, 6.07) is 10.7. The zero-order chi connectivity index (χ0) is 24.0. The lowest BCUT2D eigenvalue weighted by Gasteiger charge is -2.22. The van der Waals surface area contributed by atoms with E-state index in [1.54, 1.807) is 37.3 Å². The number of hydrogen-bond acceptors (Lipinski definition) is 6. The van der Waals surface area contributed by atoms with Gasteiger partial charge in [0, 0.05) is 23.2 Å². The third kappa shape index (κ3) is 4.32. The molecule has 0 aliphatic heterocycles. The Kier molecular flexibility index (Phi) is 5.47. The Morgan fingerprint density at radius 2 is 1.85 bits per heavy atom. The van der Waals surface area contributed by atoms with E-state index in [0.717, 1.165) is 6.07 Å². The fraction of sp³-hybridized carbons (Fsp3) is 0.273. The van der Waals surface area contributed by atoms with Crippen LogP contribution in [0.25, 0.3) is 10.9 Å². The second-order valence-corrected chi connectivity index (χ2v) is 9.28. The van der Waals surface area contributed by atoms with Gasteiger partial charge in [-0.25, -0.2) is 0 Å². The highest BCUT2D eigenvalue weighted by molar-refractivity contribution is 7.88. The van der Waals surface area contributed by atoms with Crippen molar-refractivity contribution in [1.82, 2.24) is 10.3 Å². The van der Waals surface area contributed by atoms with Crippen LogP contribution in [-0.2, 0) is 15.7 Å². The van der Waals surface area contributed by atoms with Crippen molar-refractivity contribution in [3.05, 3.63) is 65.4 Å². The second-order valence-electron chi connectivity index (χ2n) is 7.74. The SMILES string of the molecule is COc1ccc(C)c(C(=O)NC2(c3cc(OS(=O)(=O)C(F)(F)F)cc4ncccc34)CC2)c1. The molecule has 1 aromatic heterocycles. The minimum absolute atomic E-state index is 0.237. The van der Waals surface area contributed by atoms with Crippen LogP contribution in [-0.4, -0.2) is 31.9 Å². The summed E-state index contributed by atoms with van der Waals surface area (Å²) in [6.45, 7) is 1.77. The summed E-state index contributed by atoms with van der Waals surface area (Å²) < 4.78 is 71.2. The second kappa shape index (κ2) is 7.91. The van der Waals surface area contributed by atoms with Crippen molar-refractivity contribution in [2.45, 2.75) is 30.8 Å². The van der Waals surface area contributed by atoms with Gasteiger partial charge in [-0.15, -0.1) is 0 Å². The number of amides is 1. The van der Waals surface area contributed by atoms with Crippen LogP contribution in [0.1, 0.15) is 34.3 Å². The van der Waals surface area contributed by atoms with E-state index < -0.39 is 32.8 Å². The Morgan fingerprint density at radius 3 is 2.48 bits per heavy atom. The van der Waals surface area contributed by atoms with Gasteiger partial charge in [-0.1, -0.05) is 12.1 Å². The largest absolute Gasteiger partial charge is 0.534 e. The predicted octanol–water partition coefficient (Wildman–Crippen LogP) is 4.20. The van der Waals surface area contributed by atoms with Gasteiger partial charge in [0.15, 0.2) is 0 Å². The van der Waals surface area contributed by atoms with Gasteiger partial charge in [0.1, 0.15) is 11.5 Å². The predicted molar refractivity (Wildman–Crippen MR) is 113 cm³/mol. The lowest BCUT2D eigenvalue weighted by Crippen LogP contribution is -2.35. The number of benzene rings is 2. The van der Waals surface area contributed by atoms with Gasteiger partial charge in [-0.05, 0) is 55.2 Å². The summed E-state index contributed by atoms with van der Waals surface area (Å²) in [7, 11) is -4.39. The monoisotopic (exact) mass is 480 g/mol. The summed E-state index contributed by atoms with van der Waals surface area (Å²) in [5, 5.41) is 3.52. The lowest BCUT2D eigenvalue weighted by atomic mass is 9.97. The van der Waals surface area contributed by atoms with Gasteiger partial charge in [-0.3, -0.25) is 9.78 Å². The maximum Gasteiger partial charge on any atom is 0.534 e. The number of pyridine rings is 1. The smallest absolute Gasteiger partial charge is 0.497 e. The number of alkyl halides is 3. The van der Waals surface area contributed by atoms with Crippen LogP contribution in [0.5, 0.6) is 11.5 Å². The molecule has 0 atom stereocenters. The Hall–Kier alpha value is -3.34. The van der Waals surface area contributed by atoms with E-state index in [1.807, 2.05) is 0 Å². The first-order chi connectivity index (χ1) is 15.5. The summed E-state index contributed by atoms with van der Waals surface area (Å²) >= 11 is 0. The summed E-state index contributed by atoms with van der Waals surface area (Å²) in [5.41, 5.74) is -4.73. The average molecular weight is 480 g/mol. The van der Waals surface area contributed by atoms with E-state index in [0.29, 0.717) is 40.7 Å². The number of hydrogen-bond donors (Lipinski definition) is 1. The third-order valence-electron chi connectivity index (χ3n) is 5.49. The summed E-state index contributed by atoms with van der Waals surface area (Å²) in [5.74, 6) is -0.431. The van der Waals surface area contributed by atoms with E-state index in [-0.39, 0.29) is 5.52 Å². The van der Waals surface area contributed by atoms with Gasteiger partial charge in [0.25, 0.3) is 5.91 Å². The van der Waals surface area contributed by atoms with Crippen molar-refractivity contribution in [1.29, 1.82) is 0 Å². The van der Waals surface area contributed by atoms with Crippen molar-refractivity contribution in [2.75, 3.05) is 7.11 Å². The number of fused-ring (bicyclic) bond motifs is 1. The molecule has 11 heteroatoms. The van der Waals surface area contributed by atoms with Gasteiger partial charge < -0.3 is 14.2 Å². The highest BCUT2D eigenvalue weighted by atomic mass is 32.2. The van der Waals surface area contributed by atoms with Crippen molar-refractivity contribution >= 4 is 26.9 Å². The fourth-order valence-electron chi connectivity index (χ4n) is 3.62. The minimum Gasteiger partial charge on any atom is -0.497 e. The number of nitrogens with zero attached hydrogens (tertiary/aromatic N) is 1. The van der Waals surface area contributed by atoms with Crippen molar-refractivity contribution in [3.63, 3.8) is 0 Å². The Bertz CT molecular complexity index is 1350. The molecule has 0 saturated heterocycles. The van der Waals surface area contributed by atoms with E-state index in [1.165, 1.54) is 19.4 Å².